The first-order chi connectivity index (χ1) is 12.8. The minimum atomic E-state index is -0.0667. The second kappa shape index (κ2) is 5.94. The van der Waals surface area contributed by atoms with Gasteiger partial charge in [0.25, 0.3) is 0 Å². The van der Waals surface area contributed by atoms with Crippen molar-refractivity contribution >= 4 is 0 Å². The smallest absolute Gasteiger partial charge is 0.234 e. The van der Waals surface area contributed by atoms with E-state index in [1.54, 1.807) is 0 Å². The van der Waals surface area contributed by atoms with Crippen LogP contribution in [0.4, 0.5) is 0 Å². The highest BCUT2D eigenvalue weighted by molar-refractivity contribution is 5.61. The van der Waals surface area contributed by atoms with Crippen molar-refractivity contribution in [3.05, 3.63) is 47.9 Å². The van der Waals surface area contributed by atoms with Gasteiger partial charge >= 0.3 is 0 Å². The summed E-state index contributed by atoms with van der Waals surface area (Å²) in [5.74, 6) is 3.91. The van der Waals surface area contributed by atoms with Crippen LogP contribution in [0.2, 0.25) is 0 Å². The van der Waals surface area contributed by atoms with E-state index in [1.807, 2.05) is 43.3 Å². The Bertz CT molecular complexity index is 968. The van der Waals surface area contributed by atoms with Crippen LogP contribution in [-0.2, 0) is 0 Å². The molecule has 0 saturated carbocycles. The first kappa shape index (κ1) is 15.1. The lowest BCUT2D eigenvalue weighted by Crippen LogP contribution is -2.15. The van der Waals surface area contributed by atoms with Crippen molar-refractivity contribution in [1.29, 1.82) is 0 Å². The molecule has 0 N–H and O–H groups in total. The molecule has 5 rings (SSSR count). The fourth-order valence-electron chi connectivity index (χ4n) is 3.04. The summed E-state index contributed by atoms with van der Waals surface area (Å²) < 4.78 is 27.4. The third-order valence-corrected chi connectivity index (χ3v) is 4.51. The van der Waals surface area contributed by atoms with Gasteiger partial charge in [0.1, 0.15) is 13.2 Å². The molecule has 0 saturated heterocycles. The van der Waals surface area contributed by atoms with E-state index in [-0.39, 0.29) is 12.7 Å². The summed E-state index contributed by atoms with van der Waals surface area (Å²) in [5, 5.41) is 4.12. The van der Waals surface area contributed by atoms with Crippen molar-refractivity contribution in [1.82, 2.24) is 10.1 Å². The maximum atomic E-state index is 5.61. The van der Waals surface area contributed by atoms with Crippen LogP contribution in [0.15, 0.2) is 40.9 Å². The Labute approximate surface area is 149 Å². The molecule has 0 aliphatic carbocycles. The number of nitrogens with zero attached hydrogens (tertiary/aromatic N) is 2. The molecule has 1 unspecified atom stereocenters. The van der Waals surface area contributed by atoms with E-state index in [2.05, 4.69) is 10.1 Å². The molecule has 26 heavy (non-hydrogen) atoms. The summed E-state index contributed by atoms with van der Waals surface area (Å²) in [6.45, 7) is 3.36. The predicted molar refractivity (Wildman–Crippen MR) is 90.8 cm³/mol. The summed E-state index contributed by atoms with van der Waals surface area (Å²) in [7, 11) is 0. The Kier molecular flexibility index (Phi) is 3.44. The molecule has 7 heteroatoms. The zero-order chi connectivity index (χ0) is 17.5. The van der Waals surface area contributed by atoms with Crippen LogP contribution in [-0.4, -0.2) is 30.1 Å². The average Bonchev–Trinajstić information content (AvgIpc) is 3.36. The van der Waals surface area contributed by atoms with E-state index in [0.29, 0.717) is 30.7 Å². The molecule has 2 aliphatic rings. The van der Waals surface area contributed by atoms with E-state index in [4.69, 9.17) is 23.5 Å². The van der Waals surface area contributed by atoms with Crippen molar-refractivity contribution in [3.8, 4) is 34.4 Å². The minimum Gasteiger partial charge on any atom is -0.486 e. The van der Waals surface area contributed by atoms with Crippen LogP contribution >= 0.6 is 0 Å². The number of ether oxygens (including phenoxy) is 4. The van der Waals surface area contributed by atoms with Gasteiger partial charge in [0.15, 0.2) is 23.0 Å². The normalized spacial score (nSPS) is 15.7. The molecule has 3 aromatic rings. The van der Waals surface area contributed by atoms with Gasteiger partial charge in [-0.1, -0.05) is 11.2 Å². The zero-order valence-electron chi connectivity index (χ0n) is 14.1. The van der Waals surface area contributed by atoms with E-state index >= 15 is 0 Å². The molecular weight excluding hydrogens is 336 g/mol. The molecule has 0 fully saturated rings. The van der Waals surface area contributed by atoms with E-state index in [9.17, 15) is 0 Å². The maximum Gasteiger partial charge on any atom is 0.234 e. The Morgan fingerprint density at radius 3 is 2.50 bits per heavy atom. The number of aromatic nitrogens is 2. The summed E-state index contributed by atoms with van der Waals surface area (Å²) in [5.41, 5.74) is 1.84. The van der Waals surface area contributed by atoms with Crippen LogP contribution in [0, 0.1) is 0 Å². The maximum absolute atomic E-state index is 5.61. The second-order valence-electron chi connectivity index (χ2n) is 6.15. The molecule has 1 atom stereocenters. The highest BCUT2D eigenvalue weighted by Crippen LogP contribution is 2.37. The second-order valence-corrected chi connectivity index (χ2v) is 6.15. The van der Waals surface area contributed by atoms with E-state index in [0.717, 1.165) is 28.4 Å². The topological polar surface area (TPSA) is 75.8 Å². The van der Waals surface area contributed by atoms with E-state index < -0.39 is 0 Å². The SMILES string of the molecule is CC(c1ccc2c(c1)OCO2)c1nc(-c2ccc3c(c2)OCCO3)no1. The molecule has 0 amide bonds. The van der Waals surface area contributed by atoms with Gasteiger partial charge in [0.05, 0.1) is 5.92 Å². The van der Waals surface area contributed by atoms with Gasteiger partial charge in [-0.25, -0.2) is 0 Å². The lowest BCUT2D eigenvalue weighted by Gasteiger charge is -2.18. The molecule has 132 valence electrons. The van der Waals surface area contributed by atoms with Crippen molar-refractivity contribution in [3.63, 3.8) is 0 Å². The number of benzene rings is 2. The molecule has 0 radical (unpaired) electrons. The highest BCUT2D eigenvalue weighted by Gasteiger charge is 2.21. The molecule has 0 spiro atoms. The number of rotatable bonds is 3. The molecule has 7 nitrogen and oxygen atoms in total. The van der Waals surface area contributed by atoms with Gasteiger partial charge in [0, 0.05) is 5.56 Å². The van der Waals surface area contributed by atoms with Gasteiger partial charge in [-0.05, 0) is 42.8 Å². The van der Waals surface area contributed by atoms with Crippen LogP contribution < -0.4 is 18.9 Å². The standard InChI is InChI=1S/C19H16N2O5/c1-11(12-2-4-15-17(8-12)25-10-24-15)19-20-18(21-26-19)13-3-5-14-16(9-13)23-7-6-22-14/h2-5,8-9,11H,6-7,10H2,1H3. The molecular formula is C19H16N2O5. The first-order valence-electron chi connectivity index (χ1n) is 8.41. The van der Waals surface area contributed by atoms with E-state index in [1.165, 1.54) is 0 Å². The summed E-state index contributed by atoms with van der Waals surface area (Å²) >= 11 is 0. The number of hydrogen-bond donors (Lipinski definition) is 0. The molecule has 3 heterocycles. The van der Waals surface area contributed by atoms with Gasteiger partial charge in [-0.3, -0.25) is 0 Å². The Hall–Kier alpha value is -3.22. The molecule has 0 bridgehead atoms. The molecule has 1 aromatic heterocycles. The summed E-state index contributed by atoms with van der Waals surface area (Å²) in [4.78, 5) is 4.55. The fourth-order valence-corrected chi connectivity index (χ4v) is 3.04. The number of hydrogen-bond acceptors (Lipinski definition) is 7. The average molecular weight is 352 g/mol. The summed E-state index contributed by atoms with van der Waals surface area (Å²) in [6.07, 6.45) is 0. The largest absolute Gasteiger partial charge is 0.486 e. The Morgan fingerprint density at radius 1 is 0.846 bits per heavy atom. The van der Waals surface area contributed by atoms with Crippen molar-refractivity contribution < 1.29 is 23.5 Å². The van der Waals surface area contributed by atoms with Crippen LogP contribution in [0.5, 0.6) is 23.0 Å². The third-order valence-electron chi connectivity index (χ3n) is 4.51. The minimum absolute atomic E-state index is 0.0667. The summed E-state index contributed by atoms with van der Waals surface area (Å²) in [6, 6.07) is 11.4. The van der Waals surface area contributed by atoms with Crippen molar-refractivity contribution in [2.75, 3.05) is 20.0 Å². The van der Waals surface area contributed by atoms with Gasteiger partial charge < -0.3 is 23.5 Å². The van der Waals surface area contributed by atoms with Crippen LogP contribution in [0.3, 0.4) is 0 Å². The van der Waals surface area contributed by atoms with Crippen LogP contribution in [0.25, 0.3) is 11.4 Å². The van der Waals surface area contributed by atoms with Gasteiger partial charge in [-0.15, -0.1) is 0 Å². The zero-order valence-corrected chi connectivity index (χ0v) is 14.1. The highest BCUT2D eigenvalue weighted by atomic mass is 16.7. The van der Waals surface area contributed by atoms with Crippen LogP contribution in [0.1, 0.15) is 24.3 Å². The fraction of sp³-hybridized carbons (Fsp3) is 0.263. The van der Waals surface area contributed by atoms with Crippen molar-refractivity contribution in [2.45, 2.75) is 12.8 Å². The lowest BCUT2D eigenvalue weighted by molar-refractivity contribution is 0.171. The number of fused-ring (bicyclic) bond motifs is 2. The molecule has 2 aliphatic heterocycles. The van der Waals surface area contributed by atoms with Crippen molar-refractivity contribution in [2.24, 2.45) is 0 Å². The lowest BCUT2D eigenvalue weighted by atomic mass is 10.0. The Balaban J connectivity index is 1.43. The third kappa shape index (κ3) is 2.52. The monoisotopic (exact) mass is 352 g/mol. The molecule has 2 aromatic carbocycles. The predicted octanol–water partition coefficient (Wildman–Crippen LogP) is 3.39. The Morgan fingerprint density at radius 2 is 1.58 bits per heavy atom. The van der Waals surface area contributed by atoms with Gasteiger partial charge in [-0.2, -0.15) is 4.98 Å². The quantitative estimate of drug-likeness (QED) is 0.715. The van der Waals surface area contributed by atoms with Gasteiger partial charge in [0.2, 0.25) is 18.5 Å². The first-order valence-corrected chi connectivity index (χ1v) is 8.41.